The quantitative estimate of drug-likeness (QED) is 0.814. The zero-order valence-electron chi connectivity index (χ0n) is 12.5. The Morgan fingerprint density at radius 1 is 1.26 bits per heavy atom. The molecule has 1 aromatic heterocycles. The van der Waals surface area contributed by atoms with Crippen LogP contribution in [0.15, 0.2) is 47.1 Å². The van der Waals surface area contributed by atoms with Crippen LogP contribution < -0.4 is 0 Å². The number of nitrogens with zero attached hydrogens (tertiary/aromatic N) is 1. The summed E-state index contributed by atoms with van der Waals surface area (Å²) < 4.78 is 48.3. The zero-order valence-corrected chi connectivity index (χ0v) is 12.5. The van der Waals surface area contributed by atoms with Crippen molar-refractivity contribution in [1.29, 1.82) is 0 Å². The lowest BCUT2D eigenvalue weighted by molar-refractivity contribution is -0.142. The van der Waals surface area contributed by atoms with Gasteiger partial charge in [-0.05, 0) is 29.8 Å². The van der Waals surface area contributed by atoms with Crippen LogP contribution >= 0.6 is 0 Å². The number of amides is 1. The number of ether oxygens (including phenoxy) is 1. The molecule has 0 saturated carbocycles. The second kappa shape index (κ2) is 7.32. The van der Waals surface area contributed by atoms with Gasteiger partial charge in [0.25, 0.3) is 5.91 Å². The summed E-state index contributed by atoms with van der Waals surface area (Å²) >= 11 is 0. The van der Waals surface area contributed by atoms with Crippen LogP contribution in [0.2, 0.25) is 0 Å². The van der Waals surface area contributed by atoms with E-state index in [-0.39, 0.29) is 24.5 Å². The van der Waals surface area contributed by atoms with E-state index in [9.17, 15) is 18.0 Å². The van der Waals surface area contributed by atoms with Crippen LogP contribution in [0.1, 0.15) is 21.7 Å². The fourth-order valence-electron chi connectivity index (χ4n) is 2.15. The molecule has 0 unspecified atom stereocenters. The monoisotopic (exact) mass is 327 g/mol. The van der Waals surface area contributed by atoms with Gasteiger partial charge in [-0.1, -0.05) is 12.1 Å². The van der Waals surface area contributed by atoms with Gasteiger partial charge >= 0.3 is 6.18 Å². The Morgan fingerprint density at radius 3 is 2.65 bits per heavy atom. The van der Waals surface area contributed by atoms with Crippen molar-refractivity contribution in [3.8, 4) is 0 Å². The topological polar surface area (TPSA) is 42.7 Å². The van der Waals surface area contributed by atoms with Crippen molar-refractivity contribution in [3.63, 3.8) is 0 Å². The third-order valence-corrected chi connectivity index (χ3v) is 3.07. The molecule has 2 aromatic rings. The first-order valence-electron chi connectivity index (χ1n) is 6.85. The van der Waals surface area contributed by atoms with Crippen molar-refractivity contribution in [2.75, 3.05) is 13.7 Å². The van der Waals surface area contributed by atoms with E-state index in [1.54, 1.807) is 18.2 Å². The van der Waals surface area contributed by atoms with Crippen molar-refractivity contribution in [2.45, 2.75) is 19.3 Å². The van der Waals surface area contributed by atoms with Crippen molar-refractivity contribution in [3.05, 3.63) is 59.5 Å². The minimum Gasteiger partial charge on any atom is -0.467 e. The zero-order chi connectivity index (χ0) is 16.9. The van der Waals surface area contributed by atoms with E-state index < -0.39 is 18.6 Å². The van der Waals surface area contributed by atoms with E-state index in [1.165, 1.54) is 31.6 Å². The van der Waals surface area contributed by atoms with E-state index in [4.69, 9.17) is 9.15 Å². The number of carbonyl (C=O) groups excluding carboxylic acids is 1. The summed E-state index contributed by atoms with van der Waals surface area (Å²) in [5.41, 5.74) is 0.888. The van der Waals surface area contributed by atoms with Gasteiger partial charge in [0.05, 0.1) is 19.4 Å². The Balaban J connectivity index is 2.22. The Labute approximate surface area is 131 Å². The van der Waals surface area contributed by atoms with E-state index in [2.05, 4.69) is 0 Å². The highest BCUT2D eigenvalue weighted by atomic mass is 19.4. The van der Waals surface area contributed by atoms with Crippen LogP contribution in [0.5, 0.6) is 0 Å². The van der Waals surface area contributed by atoms with Gasteiger partial charge in [0.1, 0.15) is 12.3 Å². The summed E-state index contributed by atoms with van der Waals surface area (Å²) in [5, 5.41) is 0. The normalized spacial score (nSPS) is 11.5. The van der Waals surface area contributed by atoms with Gasteiger partial charge in [-0.2, -0.15) is 13.2 Å². The van der Waals surface area contributed by atoms with Crippen molar-refractivity contribution in [1.82, 2.24) is 4.90 Å². The third-order valence-electron chi connectivity index (χ3n) is 3.07. The number of hydrogen-bond donors (Lipinski definition) is 0. The van der Waals surface area contributed by atoms with E-state index in [1.807, 2.05) is 0 Å². The molecule has 7 heteroatoms. The number of rotatable bonds is 6. The van der Waals surface area contributed by atoms with E-state index in [0.717, 1.165) is 0 Å². The smallest absolute Gasteiger partial charge is 0.406 e. The molecule has 2 rings (SSSR count). The summed E-state index contributed by atoms with van der Waals surface area (Å²) in [7, 11) is 1.50. The van der Waals surface area contributed by atoms with Gasteiger partial charge in [0.2, 0.25) is 0 Å². The Hall–Kier alpha value is -2.28. The summed E-state index contributed by atoms with van der Waals surface area (Å²) in [6.45, 7) is -1.32. The number of halogens is 3. The highest BCUT2D eigenvalue weighted by Gasteiger charge is 2.33. The van der Waals surface area contributed by atoms with E-state index >= 15 is 0 Å². The predicted molar refractivity (Wildman–Crippen MR) is 76.7 cm³/mol. The molecule has 1 aromatic carbocycles. The van der Waals surface area contributed by atoms with Gasteiger partial charge in [0, 0.05) is 12.7 Å². The minimum absolute atomic E-state index is 0.176. The summed E-state index contributed by atoms with van der Waals surface area (Å²) in [4.78, 5) is 13.2. The van der Waals surface area contributed by atoms with Crippen LogP contribution in [0.4, 0.5) is 13.2 Å². The maximum atomic E-state index is 12.8. The number of furan rings is 1. The average Bonchev–Trinajstić information content (AvgIpc) is 2.98. The van der Waals surface area contributed by atoms with Crippen LogP contribution in [-0.4, -0.2) is 30.6 Å². The molecule has 0 aliphatic carbocycles. The predicted octanol–water partition coefficient (Wildman–Crippen LogP) is 3.63. The van der Waals surface area contributed by atoms with Crippen LogP contribution in [0.3, 0.4) is 0 Å². The number of methoxy groups -OCH3 is 1. The van der Waals surface area contributed by atoms with Crippen LogP contribution in [-0.2, 0) is 17.9 Å². The molecular formula is C16H16F3NO3. The third kappa shape index (κ3) is 5.14. The van der Waals surface area contributed by atoms with Crippen molar-refractivity contribution < 1.29 is 27.1 Å². The lowest BCUT2D eigenvalue weighted by atomic mass is 10.1. The minimum atomic E-state index is -4.49. The van der Waals surface area contributed by atoms with Crippen molar-refractivity contribution >= 4 is 5.91 Å². The number of benzene rings is 1. The largest absolute Gasteiger partial charge is 0.467 e. The highest BCUT2D eigenvalue weighted by Crippen LogP contribution is 2.20. The fourth-order valence-corrected chi connectivity index (χ4v) is 2.15. The Bertz CT molecular complexity index is 638. The standard InChI is InChI=1S/C16H16F3NO3/c1-22-10-12-4-2-5-13(8-12)15(21)20(11-16(17,18)19)9-14-6-3-7-23-14/h2-8H,9-11H2,1H3. The SMILES string of the molecule is COCc1cccc(C(=O)N(Cc2ccco2)CC(F)(F)F)c1. The Morgan fingerprint density at radius 2 is 2.04 bits per heavy atom. The van der Waals surface area contributed by atoms with Gasteiger partial charge in [-0.15, -0.1) is 0 Å². The molecule has 0 N–H and O–H groups in total. The summed E-state index contributed by atoms with van der Waals surface area (Å²) in [6.07, 6.45) is -3.14. The fraction of sp³-hybridized carbons (Fsp3) is 0.312. The molecule has 1 heterocycles. The molecule has 0 aliphatic heterocycles. The van der Waals surface area contributed by atoms with Gasteiger partial charge in [-0.25, -0.2) is 0 Å². The number of carbonyl (C=O) groups is 1. The van der Waals surface area contributed by atoms with Crippen LogP contribution in [0.25, 0.3) is 0 Å². The van der Waals surface area contributed by atoms with Crippen LogP contribution in [0, 0.1) is 0 Å². The maximum absolute atomic E-state index is 12.8. The number of hydrogen-bond acceptors (Lipinski definition) is 3. The van der Waals surface area contributed by atoms with Gasteiger partial charge < -0.3 is 14.1 Å². The molecule has 23 heavy (non-hydrogen) atoms. The molecule has 0 fully saturated rings. The molecule has 4 nitrogen and oxygen atoms in total. The first kappa shape index (κ1) is 17.1. The average molecular weight is 327 g/mol. The molecule has 0 saturated heterocycles. The molecule has 124 valence electrons. The lowest BCUT2D eigenvalue weighted by Crippen LogP contribution is -2.38. The van der Waals surface area contributed by atoms with Gasteiger partial charge in [0.15, 0.2) is 0 Å². The molecule has 0 atom stereocenters. The second-order valence-corrected chi connectivity index (χ2v) is 4.99. The molecule has 0 bridgehead atoms. The first-order chi connectivity index (χ1) is 10.9. The lowest BCUT2D eigenvalue weighted by Gasteiger charge is -2.23. The summed E-state index contributed by atoms with van der Waals surface area (Å²) in [5.74, 6) is -0.424. The maximum Gasteiger partial charge on any atom is 0.406 e. The molecule has 0 aliphatic rings. The first-order valence-corrected chi connectivity index (χ1v) is 6.85. The molecular weight excluding hydrogens is 311 g/mol. The summed E-state index contributed by atoms with van der Waals surface area (Å²) in [6, 6.07) is 9.44. The molecule has 1 amide bonds. The number of alkyl halides is 3. The van der Waals surface area contributed by atoms with E-state index in [0.29, 0.717) is 10.5 Å². The molecule has 0 radical (unpaired) electrons. The molecule has 0 spiro atoms. The highest BCUT2D eigenvalue weighted by molar-refractivity contribution is 5.94. The Kier molecular flexibility index (Phi) is 5.44. The second-order valence-electron chi connectivity index (χ2n) is 4.99. The van der Waals surface area contributed by atoms with Crippen molar-refractivity contribution in [2.24, 2.45) is 0 Å². The van der Waals surface area contributed by atoms with Gasteiger partial charge in [-0.3, -0.25) is 4.79 Å².